The highest BCUT2D eigenvalue weighted by Gasteiger charge is 2.43. The number of carbonyl (C=O) groups is 1. The number of aromatic nitrogens is 2. The summed E-state index contributed by atoms with van der Waals surface area (Å²) in [6.07, 6.45) is 0. The summed E-state index contributed by atoms with van der Waals surface area (Å²) in [5, 5.41) is 19.2. The van der Waals surface area contributed by atoms with Crippen molar-refractivity contribution < 1.29 is 24.1 Å². The van der Waals surface area contributed by atoms with Crippen LogP contribution < -0.4 is 14.2 Å². The summed E-state index contributed by atoms with van der Waals surface area (Å²) in [6, 6.07) is 13.6. The smallest absolute Gasteiger partial charge is 0.273 e. The molecule has 2 N–H and O–H groups in total. The molecule has 0 bridgehead atoms. The van der Waals surface area contributed by atoms with E-state index in [-0.39, 0.29) is 18.2 Å². The Hall–Kier alpha value is -3.88. The monoisotopic (exact) mass is 553 g/mol. The van der Waals surface area contributed by atoms with Crippen molar-refractivity contribution in [1.29, 1.82) is 0 Å². The van der Waals surface area contributed by atoms with Gasteiger partial charge in [-0.3, -0.25) is 9.89 Å². The minimum Gasteiger partial charge on any atom is -0.507 e. The van der Waals surface area contributed by atoms with Crippen LogP contribution in [0.2, 0.25) is 10.0 Å². The van der Waals surface area contributed by atoms with Crippen molar-refractivity contribution in [2.24, 2.45) is 0 Å². The first kappa shape index (κ1) is 25.8. The van der Waals surface area contributed by atoms with Crippen LogP contribution in [0, 0.1) is 6.92 Å². The molecule has 0 fully saturated rings. The number of aryl methyl sites for hydroxylation is 1. The number of amides is 1. The summed E-state index contributed by atoms with van der Waals surface area (Å²) in [5.41, 5.74) is 3.90. The minimum atomic E-state index is -0.629. The van der Waals surface area contributed by atoms with Crippen molar-refractivity contribution in [3.63, 3.8) is 0 Å². The first-order valence-electron chi connectivity index (χ1n) is 11.7. The summed E-state index contributed by atoms with van der Waals surface area (Å²) in [7, 11) is 4.59. The van der Waals surface area contributed by atoms with E-state index in [1.807, 2.05) is 18.2 Å². The average molecular weight is 554 g/mol. The van der Waals surface area contributed by atoms with Crippen LogP contribution >= 0.6 is 23.2 Å². The molecule has 1 unspecified atom stereocenters. The van der Waals surface area contributed by atoms with Crippen molar-refractivity contribution in [3.05, 3.63) is 86.5 Å². The number of halogens is 2. The zero-order chi connectivity index (χ0) is 27.1. The lowest BCUT2D eigenvalue weighted by Crippen LogP contribution is -2.29. The van der Waals surface area contributed by atoms with Crippen molar-refractivity contribution in [1.82, 2.24) is 15.1 Å². The molecular weight excluding hydrogens is 529 g/mol. The van der Waals surface area contributed by atoms with Gasteiger partial charge in [-0.05, 0) is 53.9 Å². The second-order valence-corrected chi connectivity index (χ2v) is 9.68. The lowest BCUT2D eigenvalue weighted by molar-refractivity contribution is 0.0729. The summed E-state index contributed by atoms with van der Waals surface area (Å²) < 4.78 is 16.7. The number of nitrogens with zero attached hydrogens (tertiary/aromatic N) is 2. The zero-order valence-corrected chi connectivity index (χ0v) is 22.6. The van der Waals surface area contributed by atoms with E-state index in [2.05, 4.69) is 10.2 Å². The molecular formula is C28H25Cl2N3O5. The van der Waals surface area contributed by atoms with Crippen LogP contribution in [0.1, 0.15) is 38.8 Å². The lowest BCUT2D eigenvalue weighted by atomic mass is 9.94. The fourth-order valence-corrected chi connectivity index (χ4v) is 5.20. The third-order valence-electron chi connectivity index (χ3n) is 6.70. The third kappa shape index (κ3) is 4.19. The highest BCUT2D eigenvalue weighted by Crippen LogP contribution is 2.49. The molecule has 1 aromatic heterocycles. The molecule has 1 aliphatic rings. The Balaban J connectivity index is 1.75. The molecule has 8 nitrogen and oxygen atoms in total. The molecule has 1 aliphatic heterocycles. The van der Waals surface area contributed by atoms with E-state index in [0.29, 0.717) is 55.4 Å². The normalized spacial score (nSPS) is 14.5. The van der Waals surface area contributed by atoms with E-state index in [4.69, 9.17) is 37.4 Å². The topological polar surface area (TPSA) is 96.9 Å². The van der Waals surface area contributed by atoms with Crippen LogP contribution in [-0.2, 0) is 6.54 Å². The maximum atomic E-state index is 13.8. The zero-order valence-electron chi connectivity index (χ0n) is 21.1. The van der Waals surface area contributed by atoms with Crippen LogP contribution in [0.4, 0.5) is 0 Å². The van der Waals surface area contributed by atoms with Gasteiger partial charge < -0.3 is 24.2 Å². The van der Waals surface area contributed by atoms with Gasteiger partial charge in [0, 0.05) is 27.7 Å². The number of phenols is 1. The summed E-state index contributed by atoms with van der Waals surface area (Å²) in [5.74, 6) is 1.03. The molecule has 3 aromatic carbocycles. The molecule has 0 spiro atoms. The van der Waals surface area contributed by atoms with Crippen LogP contribution in [0.25, 0.3) is 11.3 Å². The van der Waals surface area contributed by atoms with Gasteiger partial charge in [0.1, 0.15) is 17.1 Å². The van der Waals surface area contributed by atoms with Gasteiger partial charge in [-0.25, -0.2) is 0 Å². The Morgan fingerprint density at radius 3 is 2.32 bits per heavy atom. The third-order valence-corrected chi connectivity index (χ3v) is 7.47. The number of methoxy groups -OCH3 is 3. The number of H-pyrrole nitrogens is 1. The molecule has 5 rings (SSSR count). The van der Waals surface area contributed by atoms with Crippen LogP contribution in [-0.4, -0.2) is 47.4 Å². The van der Waals surface area contributed by atoms with Gasteiger partial charge in [0.25, 0.3) is 5.91 Å². The van der Waals surface area contributed by atoms with Crippen LogP contribution in [0.3, 0.4) is 0 Å². The summed E-state index contributed by atoms with van der Waals surface area (Å²) in [6.45, 7) is 2.02. The molecule has 0 saturated carbocycles. The Morgan fingerprint density at radius 1 is 1.00 bits per heavy atom. The highest BCUT2D eigenvalue weighted by molar-refractivity contribution is 6.32. The van der Waals surface area contributed by atoms with E-state index in [1.165, 1.54) is 21.3 Å². The molecule has 0 radical (unpaired) electrons. The van der Waals surface area contributed by atoms with Crippen molar-refractivity contribution in [2.45, 2.75) is 19.5 Å². The molecule has 38 heavy (non-hydrogen) atoms. The highest BCUT2D eigenvalue weighted by atomic mass is 35.5. The van der Waals surface area contributed by atoms with E-state index in [1.54, 1.807) is 42.2 Å². The minimum absolute atomic E-state index is 0.00171. The second-order valence-electron chi connectivity index (χ2n) is 8.87. The van der Waals surface area contributed by atoms with Crippen molar-refractivity contribution in [3.8, 4) is 34.3 Å². The number of nitrogens with one attached hydrogen (secondary N) is 1. The Morgan fingerprint density at radius 2 is 1.68 bits per heavy atom. The predicted molar refractivity (Wildman–Crippen MR) is 145 cm³/mol. The maximum absolute atomic E-state index is 13.8. The van der Waals surface area contributed by atoms with E-state index in [9.17, 15) is 9.90 Å². The second kappa shape index (κ2) is 10.1. The van der Waals surface area contributed by atoms with Gasteiger partial charge in [0.2, 0.25) is 5.75 Å². The van der Waals surface area contributed by atoms with Crippen LogP contribution in [0.15, 0.2) is 48.5 Å². The average Bonchev–Trinajstić information content (AvgIpc) is 3.45. The Bertz CT molecular complexity index is 1530. The van der Waals surface area contributed by atoms with E-state index < -0.39 is 6.04 Å². The number of phenolic OH excluding ortho intramolecular Hbond substituents is 1. The van der Waals surface area contributed by atoms with Crippen molar-refractivity contribution >= 4 is 29.1 Å². The number of aromatic hydroxyl groups is 1. The molecule has 10 heteroatoms. The molecule has 0 saturated heterocycles. The number of hydrogen-bond donors (Lipinski definition) is 2. The SMILES string of the molecule is COc1cc(C2c3c(-c4cc(Cl)c(C)cc4O)n[nH]c3C(=O)N2Cc2ccccc2Cl)cc(OC)c1OC. The van der Waals surface area contributed by atoms with Gasteiger partial charge in [-0.15, -0.1) is 0 Å². The van der Waals surface area contributed by atoms with Gasteiger partial charge in [-0.2, -0.15) is 5.10 Å². The fourth-order valence-electron chi connectivity index (χ4n) is 4.84. The predicted octanol–water partition coefficient (Wildman–Crippen LogP) is 6.17. The van der Waals surface area contributed by atoms with Crippen LogP contribution in [0.5, 0.6) is 23.0 Å². The molecule has 4 aromatic rings. The number of aromatic amines is 1. The molecule has 196 valence electrons. The van der Waals surface area contributed by atoms with Gasteiger partial charge in [0.05, 0.1) is 27.4 Å². The maximum Gasteiger partial charge on any atom is 0.273 e. The molecule has 0 aliphatic carbocycles. The number of carbonyl (C=O) groups excluding carboxylic acids is 1. The summed E-state index contributed by atoms with van der Waals surface area (Å²) in [4.78, 5) is 15.5. The number of rotatable bonds is 7. The first-order chi connectivity index (χ1) is 18.3. The molecule has 1 atom stereocenters. The van der Waals surface area contributed by atoms with Gasteiger partial charge in [-0.1, -0.05) is 41.4 Å². The van der Waals surface area contributed by atoms with E-state index >= 15 is 0 Å². The quantitative estimate of drug-likeness (QED) is 0.284. The number of hydrogen-bond acceptors (Lipinski definition) is 6. The van der Waals surface area contributed by atoms with E-state index in [0.717, 1.165) is 11.1 Å². The Labute approximate surface area is 229 Å². The van der Waals surface area contributed by atoms with Gasteiger partial charge >= 0.3 is 0 Å². The molecule has 2 heterocycles. The number of benzene rings is 3. The Kier molecular flexibility index (Phi) is 6.86. The van der Waals surface area contributed by atoms with Crippen molar-refractivity contribution in [2.75, 3.05) is 21.3 Å². The number of fused-ring (bicyclic) bond motifs is 1. The first-order valence-corrected chi connectivity index (χ1v) is 12.5. The fraction of sp³-hybridized carbons (Fsp3) is 0.214. The lowest BCUT2D eigenvalue weighted by Gasteiger charge is -2.28. The summed E-state index contributed by atoms with van der Waals surface area (Å²) >= 11 is 12.9. The number of ether oxygens (including phenoxy) is 3. The molecule has 1 amide bonds. The largest absolute Gasteiger partial charge is 0.507 e. The standard InChI is InChI=1S/C28H25Cl2N3O5/c1-14-9-20(34)17(12-19(14)30)24-23-25(32-31-24)28(35)33(13-15-7-5-6-8-18(15)29)26(23)16-10-21(36-2)27(38-4)22(11-16)37-3/h5-12,26,34H,13H2,1-4H3,(H,31,32). The van der Waals surface area contributed by atoms with Gasteiger partial charge in [0.15, 0.2) is 11.5 Å².